The van der Waals surface area contributed by atoms with Gasteiger partial charge in [0.25, 0.3) is 0 Å². The van der Waals surface area contributed by atoms with Gasteiger partial charge >= 0.3 is 6.03 Å². The van der Waals surface area contributed by atoms with Crippen molar-refractivity contribution in [3.63, 3.8) is 0 Å². The summed E-state index contributed by atoms with van der Waals surface area (Å²) in [5.41, 5.74) is 1.70. The Kier molecular flexibility index (Phi) is 3.77. The highest BCUT2D eigenvalue weighted by molar-refractivity contribution is 5.89. The molecular formula is C13H16N2O2. The fraction of sp³-hybridized carbons (Fsp3) is 0.308. The first-order chi connectivity index (χ1) is 8.28. The summed E-state index contributed by atoms with van der Waals surface area (Å²) in [4.78, 5) is 11.5. The van der Waals surface area contributed by atoms with Gasteiger partial charge in [-0.05, 0) is 30.5 Å². The van der Waals surface area contributed by atoms with E-state index in [9.17, 15) is 4.79 Å². The monoisotopic (exact) mass is 232 g/mol. The van der Waals surface area contributed by atoms with Gasteiger partial charge in [-0.3, -0.25) is 0 Å². The predicted molar refractivity (Wildman–Crippen MR) is 67.7 cm³/mol. The number of carbonyl (C=O) groups is 1. The Bertz CT molecular complexity index is 425. The van der Waals surface area contributed by atoms with E-state index in [4.69, 9.17) is 5.11 Å². The molecule has 1 aromatic rings. The van der Waals surface area contributed by atoms with Crippen LogP contribution >= 0.6 is 0 Å². The lowest BCUT2D eigenvalue weighted by Gasteiger charge is -2.06. The van der Waals surface area contributed by atoms with Crippen molar-refractivity contribution >= 4 is 17.8 Å². The fourth-order valence-electron chi connectivity index (χ4n) is 1.49. The van der Waals surface area contributed by atoms with Gasteiger partial charge in [-0.25, -0.2) is 4.79 Å². The van der Waals surface area contributed by atoms with Gasteiger partial charge in [-0.15, -0.1) is 0 Å². The first-order valence-electron chi connectivity index (χ1n) is 5.73. The molecule has 2 amide bonds. The van der Waals surface area contributed by atoms with Crippen LogP contribution in [0.2, 0.25) is 0 Å². The molecular weight excluding hydrogens is 216 g/mol. The maximum Gasteiger partial charge on any atom is 0.319 e. The zero-order valence-electron chi connectivity index (χ0n) is 9.52. The summed E-state index contributed by atoms with van der Waals surface area (Å²) in [6.07, 6.45) is 5.62. The molecule has 0 spiro atoms. The van der Waals surface area contributed by atoms with Gasteiger partial charge < -0.3 is 15.7 Å². The highest BCUT2D eigenvalue weighted by Gasteiger charge is 2.23. The second-order valence-corrected chi connectivity index (χ2v) is 4.08. The van der Waals surface area contributed by atoms with Crippen LogP contribution in [0.1, 0.15) is 18.4 Å². The minimum atomic E-state index is -0.157. The molecule has 2 rings (SSSR count). The first-order valence-corrected chi connectivity index (χ1v) is 5.73. The van der Waals surface area contributed by atoms with Crippen LogP contribution in [-0.2, 0) is 0 Å². The highest BCUT2D eigenvalue weighted by Crippen LogP contribution is 2.19. The van der Waals surface area contributed by atoms with Crippen molar-refractivity contribution < 1.29 is 9.90 Å². The van der Waals surface area contributed by atoms with Gasteiger partial charge in [0, 0.05) is 11.7 Å². The largest absolute Gasteiger partial charge is 0.392 e. The maximum absolute atomic E-state index is 11.5. The summed E-state index contributed by atoms with van der Waals surface area (Å²) in [5.74, 6) is 0. The number of carbonyl (C=O) groups excluding carboxylic acids is 1. The van der Waals surface area contributed by atoms with E-state index >= 15 is 0 Å². The molecule has 1 fully saturated rings. The van der Waals surface area contributed by atoms with Crippen LogP contribution in [-0.4, -0.2) is 23.8 Å². The zero-order valence-corrected chi connectivity index (χ0v) is 9.52. The van der Waals surface area contributed by atoms with Gasteiger partial charge in [-0.2, -0.15) is 0 Å². The van der Waals surface area contributed by atoms with Gasteiger partial charge in [0.1, 0.15) is 0 Å². The molecule has 0 aliphatic heterocycles. The van der Waals surface area contributed by atoms with Gasteiger partial charge in [0.2, 0.25) is 0 Å². The van der Waals surface area contributed by atoms with Crippen molar-refractivity contribution in [3.05, 3.63) is 35.9 Å². The number of aliphatic hydroxyl groups is 1. The molecule has 0 bridgehead atoms. The van der Waals surface area contributed by atoms with Crippen molar-refractivity contribution in [1.82, 2.24) is 5.32 Å². The Hall–Kier alpha value is -1.81. The summed E-state index contributed by atoms with van der Waals surface area (Å²) in [7, 11) is 0. The summed E-state index contributed by atoms with van der Waals surface area (Å²) in [6.45, 7) is 0.0137. The molecule has 1 aromatic carbocycles. The van der Waals surface area contributed by atoms with E-state index in [-0.39, 0.29) is 12.6 Å². The predicted octanol–water partition coefficient (Wildman–Crippen LogP) is 1.98. The minimum Gasteiger partial charge on any atom is -0.392 e. The Morgan fingerprint density at radius 3 is 3.00 bits per heavy atom. The Morgan fingerprint density at radius 2 is 2.29 bits per heavy atom. The molecule has 0 unspecified atom stereocenters. The van der Waals surface area contributed by atoms with Crippen LogP contribution in [0.3, 0.4) is 0 Å². The average Bonchev–Trinajstić information content (AvgIpc) is 3.10. The number of hydrogen-bond donors (Lipinski definition) is 3. The quantitative estimate of drug-likeness (QED) is 0.743. The van der Waals surface area contributed by atoms with E-state index in [0.717, 1.165) is 24.1 Å². The number of hydrogen-bond acceptors (Lipinski definition) is 2. The molecule has 0 radical (unpaired) electrons. The average molecular weight is 232 g/mol. The van der Waals surface area contributed by atoms with Crippen molar-refractivity contribution in [1.29, 1.82) is 0 Å². The first kappa shape index (κ1) is 11.7. The van der Waals surface area contributed by atoms with E-state index in [0.29, 0.717) is 6.04 Å². The van der Waals surface area contributed by atoms with Gasteiger partial charge in [0.05, 0.1) is 6.61 Å². The molecule has 1 aliphatic rings. The molecule has 4 heteroatoms. The molecule has 1 saturated carbocycles. The van der Waals surface area contributed by atoms with E-state index in [1.807, 2.05) is 30.3 Å². The van der Waals surface area contributed by atoms with Crippen molar-refractivity contribution in [2.45, 2.75) is 18.9 Å². The van der Waals surface area contributed by atoms with Crippen LogP contribution in [0.5, 0.6) is 0 Å². The minimum absolute atomic E-state index is 0.0137. The molecule has 17 heavy (non-hydrogen) atoms. The van der Waals surface area contributed by atoms with E-state index in [2.05, 4.69) is 10.6 Å². The lowest BCUT2D eigenvalue weighted by molar-refractivity contribution is 0.251. The molecule has 0 saturated heterocycles. The fourth-order valence-corrected chi connectivity index (χ4v) is 1.49. The number of nitrogens with one attached hydrogen (secondary N) is 2. The van der Waals surface area contributed by atoms with Crippen LogP contribution in [0, 0.1) is 0 Å². The number of amides is 2. The van der Waals surface area contributed by atoms with Gasteiger partial charge in [0.15, 0.2) is 0 Å². The van der Waals surface area contributed by atoms with Crippen molar-refractivity contribution in [2.75, 3.05) is 11.9 Å². The molecule has 0 aromatic heterocycles. The van der Waals surface area contributed by atoms with E-state index < -0.39 is 0 Å². The smallest absolute Gasteiger partial charge is 0.319 e. The van der Waals surface area contributed by atoms with Crippen molar-refractivity contribution in [3.8, 4) is 0 Å². The molecule has 4 nitrogen and oxygen atoms in total. The Labute approximate surface area is 100 Å². The number of aliphatic hydroxyl groups excluding tert-OH is 1. The molecule has 0 heterocycles. The number of urea groups is 1. The standard InChI is InChI=1S/C13H16N2O2/c16-8-2-4-10-3-1-5-12(9-10)15-13(17)14-11-6-7-11/h1-5,9,11,16H,6-8H2,(H2,14,15,17). The summed E-state index contributed by atoms with van der Waals surface area (Å²) in [5, 5.41) is 14.3. The normalized spacial score (nSPS) is 14.9. The van der Waals surface area contributed by atoms with E-state index in [1.165, 1.54) is 0 Å². The van der Waals surface area contributed by atoms with Crippen LogP contribution in [0.25, 0.3) is 6.08 Å². The van der Waals surface area contributed by atoms with Crippen LogP contribution in [0.15, 0.2) is 30.3 Å². The molecule has 1 aliphatic carbocycles. The lowest BCUT2D eigenvalue weighted by Crippen LogP contribution is -2.30. The Balaban J connectivity index is 1.94. The summed E-state index contributed by atoms with van der Waals surface area (Å²) >= 11 is 0. The maximum atomic E-state index is 11.5. The SMILES string of the molecule is O=C(Nc1cccc(C=CCO)c1)NC1CC1. The lowest BCUT2D eigenvalue weighted by atomic mass is 10.2. The Morgan fingerprint density at radius 1 is 1.47 bits per heavy atom. The highest BCUT2D eigenvalue weighted by atomic mass is 16.2. The molecule has 0 atom stereocenters. The number of rotatable bonds is 4. The third-order valence-corrected chi connectivity index (χ3v) is 2.47. The summed E-state index contributed by atoms with van der Waals surface area (Å²) in [6, 6.07) is 7.67. The van der Waals surface area contributed by atoms with Crippen LogP contribution < -0.4 is 10.6 Å². The van der Waals surface area contributed by atoms with Crippen LogP contribution in [0.4, 0.5) is 10.5 Å². The molecule has 90 valence electrons. The second kappa shape index (κ2) is 5.50. The van der Waals surface area contributed by atoms with Crippen molar-refractivity contribution in [2.24, 2.45) is 0 Å². The third-order valence-electron chi connectivity index (χ3n) is 2.47. The summed E-state index contributed by atoms with van der Waals surface area (Å²) < 4.78 is 0. The second-order valence-electron chi connectivity index (χ2n) is 4.08. The zero-order chi connectivity index (χ0) is 12.1. The molecule has 3 N–H and O–H groups in total. The topological polar surface area (TPSA) is 61.4 Å². The number of anilines is 1. The van der Waals surface area contributed by atoms with Gasteiger partial charge in [-0.1, -0.05) is 24.3 Å². The third kappa shape index (κ3) is 3.92. The number of benzene rings is 1. The van der Waals surface area contributed by atoms with E-state index in [1.54, 1.807) is 6.08 Å².